The van der Waals surface area contributed by atoms with E-state index < -0.39 is 17.7 Å². The van der Waals surface area contributed by atoms with E-state index in [0.29, 0.717) is 0 Å². The highest BCUT2D eigenvalue weighted by atomic mass is 19.4. The number of carbonyl (C=O) groups is 1. The van der Waals surface area contributed by atoms with E-state index >= 15 is 0 Å². The average molecular weight is 244 g/mol. The minimum absolute atomic E-state index is 0.0493. The number of halogens is 3. The lowest BCUT2D eigenvalue weighted by atomic mass is 9.96. The second-order valence-corrected chi connectivity index (χ2v) is 4.04. The third-order valence-corrected chi connectivity index (χ3v) is 2.75. The summed E-state index contributed by atoms with van der Waals surface area (Å²) in [7, 11) is 0. The van der Waals surface area contributed by atoms with Crippen molar-refractivity contribution in [2.75, 3.05) is 0 Å². The van der Waals surface area contributed by atoms with Crippen LogP contribution in [-0.4, -0.2) is 12.1 Å². The molecular formula is C12H11F3O2. The normalized spacial score (nSPS) is 16.4. The van der Waals surface area contributed by atoms with Crippen molar-refractivity contribution in [1.29, 1.82) is 0 Å². The van der Waals surface area contributed by atoms with E-state index in [0.717, 1.165) is 31.4 Å². The lowest BCUT2D eigenvalue weighted by Crippen LogP contribution is -2.25. The van der Waals surface area contributed by atoms with Crippen LogP contribution in [0.3, 0.4) is 0 Å². The van der Waals surface area contributed by atoms with Crippen LogP contribution in [0.25, 0.3) is 0 Å². The lowest BCUT2D eigenvalue weighted by molar-refractivity contribution is -0.137. The highest BCUT2D eigenvalue weighted by Crippen LogP contribution is 2.30. The fourth-order valence-electron chi connectivity index (χ4n) is 1.53. The van der Waals surface area contributed by atoms with Gasteiger partial charge in [0.25, 0.3) is 0 Å². The molecular weight excluding hydrogens is 233 g/mol. The Labute approximate surface area is 96.4 Å². The van der Waals surface area contributed by atoms with Crippen molar-refractivity contribution in [1.82, 2.24) is 0 Å². The van der Waals surface area contributed by atoms with Crippen LogP contribution in [0.4, 0.5) is 13.2 Å². The maximum atomic E-state index is 12.4. The fraction of sp³-hybridized carbons (Fsp3) is 0.417. The van der Waals surface area contributed by atoms with Gasteiger partial charge in [-0.1, -0.05) is 6.07 Å². The summed E-state index contributed by atoms with van der Waals surface area (Å²) in [6.07, 6.45) is -1.97. The quantitative estimate of drug-likeness (QED) is 0.745. The summed E-state index contributed by atoms with van der Waals surface area (Å²) in [5, 5.41) is 0. The highest BCUT2D eigenvalue weighted by molar-refractivity contribution is 5.89. The minimum atomic E-state index is -4.44. The molecule has 0 heterocycles. The van der Waals surface area contributed by atoms with Gasteiger partial charge in [-0.25, -0.2) is 4.79 Å². The number of carbonyl (C=O) groups excluding carboxylic acids is 1. The van der Waals surface area contributed by atoms with Crippen LogP contribution in [0.2, 0.25) is 0 Å². The van der Waals surface area contributed by atoms with Gasteiger partial charge in [0, 0.05) is 0 Å². The van der Waals surface area contributed by atoms with Crippen LogP contribution in [0, 0.1) is 0 Å². The zero-order valence-electron chi connectivity index (χ0n) is 8.96. The van der Waals surface area contributed by atoms with Crippen LogP contribution in [-0.2, 0) is 10.9 Å². The van der Waals surface area contributed by atoms with E-state index in [1.54, 1.807) is 0 Å². The molecule has 2 nitrogen and oxygen atoms in total. The number of ether oxygens (including phenoxy) is 1. The van der Waals surface area contributed by atoms with Gasteiger partial charge >= 0.3 is 12.1 Å². The van der Waals surface area contributed by atoms with Gasteiger partial charge < -0.3 is 4.74 Å². The van der Waals surface area contributed by atoms with Crippen molar-refractivity contribution in [3.63, 3.8) is 0 Å². The lowest BCUT2D eigenvalue weighted by Gasteiger charge is -2.25. The summed E-state index contributed by atoms with van der Waals surface area (Å²) >= 11 is 0. The van der Waals surface area contributed by atoms with Crippen LogP contribution >= 0.6 is 0 Å². The second kappa shape index (κ2) is 4.39. The molecule has 0 bridgehead atoms. The number of rotatable bonds is 2. The van der Waals surface area contributed by atoms with Gasteiger partial charge in [0.15, 0.2) is 0 Å². The SMILES string of the molecule is O=C(OC1CCC1)c1cccc(C(F)(F)F)c1. The van der Waals surface area contributed by atoms with E-state index in [-0.39, 0.29) is 11.7 Å². The molecule has 5 heteroatoms. The molecule has 0 spiro atoms. The molecule has 2 rings (SSSR count). The standard InChI is InChI=1S/C12H11F3O2/c13-12(14,15)9-4-1-3-8(7-9)11(16)17-10-5-2-6-10/h1,3-4,7,10H,2,5-6H2. The first-order valence-corrected chi connectivity index (χ1v) is 5.35. The number of alkyl halides is 3. The Kier molecular flexibility index (Phi) is 3.09. The first kappa shape index (κ1) is 12.0. The first-order valence-electron chi connectivity index (χ1n) is 5.35. The summed E-state index contributed by atoms with van der Waals surface area (Å²) in [6, 6.07) is 4.29. The van der Waals surface area contributed by atoms with Crippen LogP contribution in [0.15, 0.2) is 24.3 Å². The summed E-state index contributed by atoms with van der Waals surface area (Å²) in [5.74, 6) is -0.680. The van der Waals surface area contributed by atoms with E-state index in [2.05, 4.69) is 0 Å². The molecule has 0 saturated heterocycles. The fourth-order valence-corrected chi connectivity index (χ4v) is 1.53. The van der Waals surface area contributed by atoms with E-state index in [4.69, 9.17) is 4.74 Å². The van der Waals surface area contributed by atoms with Crippen LogP contribution in [0.1, 0.15) is 35.2 Å². The van der Waals surface area contributed by atoms with Crippen LogP contribution in [0.5, 0.6) is 0 Å². The maximum absolute atomic E-state index is 12.4. The van der Waals surface area contributed by atoms with Gasteiger partial charge in [0.05, 0.1) is 11.1 Å². The van der Waals surface area contributed by atoms with Crippen molar-refractivity contribution in [2.45, 2.75) is 31.5 Å². The number of hydrogen-bond donors (Lipinski definition) is 0. The summed E-state index contributed by atoms with van der Waals surface area (Å²) in [5.41, 5.74) is -0.882. The molecule has 0 amide bonds. The van der Waals surface area contributed by atoms with Gasteiger partial charge in [0.2, 0.25) is 0 Å². The molecule has 0 radical (unpaired) electrons. The molecule has 0 atom stereocenters. The Morgan fingerprint density at radius 3 is 2.53 bits per heavy atom. The largest absolute Gasteiger partial charge is 0.459 e. The number of esters is 1. The summed E-state index contributed by atoms with van der Waals surface area (Å²) in [4.78, 5) is 11.5. The third kappa shape index (κ3) is 2.78. The molecule has 92 valence electrons. The highest BCUT2D eigenvalue weighted by Gasteiger charge is 2.31. The van der Waals surface area contributed by atoms with E-state index in [1.165, 1.54) is 12.1 Å². The first-order chi connectivity index (χ1) is 7.97. The summed E-state index contributed by atoms with van der Waals surface area (Å²) in [6.45, 7) is 0. The molecule has 0 aromatic heterocycles. The Bertz CT molecular complexity index is 422. The van der Waals surface area contributed by atoms with Gasteiger partial charge in [-0.05, 0) is 37.5 Å². The third-order valence-electron chi connectivity index (χ3n) is 2.75. The predicted molar refractivity (Wildman–Crippen MR) is 54.5 cm³/mol. The minimum Gasteiger partial charge on any atom is -0.459 e. The molecule has 1 aliphatic carbocycles. The average Bonchev–Trinajstić information content (AvgIpc) is 2.22. The zero-order valence-corrected chi connectivity index (χ0v) is 8.96. The van der Waals surface area contributed by atoms with Crippen molar-refractivity contribution in [2.24, 2.45) is 0 Å². The van der Waals surface area contributed by atoms with Crippen molar-refractivity contribution in [3.8, 4) is 0 Å². The van der Waals surface area contributed by atoms with Gasteiger partial charge in [-0.3, -0.25) is 0 Å². The molecule has 0 unspecified atom stereocenters. The Hall–Kier alpha value is -1.52. The second-order valence-electron chi connectivity index (χ2n) is 4.04. The van der Waals surface area contributed by atoms with Gasteiger partial charge in [-0.15, -0.1) is 0 Å². The Morgan fingerprint density at radius 2 is 2.00 bits per heavy atom. The van der Waals surface area contributed by atoms with Crippen molar-refractivity contribution in [3.05, 3.63) is 35.4 Å². The topological polar surface area (TPSA) is 26.3 Å². The number of hydrogen-bond acceptors (Lipinski definition) is 2. The smallest absolute Gasteiger partial charge is 0.416 e. The van der Waals surface area contributed by atoms with E-state index in [9.17, 15) is 18.0 Å². The molecule has 0 N–H and O–H groups in total. The molecule has 1 aromatic carbocycles. The van der Waals surface area contributed by atoms with Gasteiger partial charge in [0.1, 0.15) is 6.10 Å². The van der Waals surface area contributed by atoms with Crippen molar-refractivity contribution >= 4 is 5.97 Å². The monoisotopic (exact) mass is 244 g/mol. The predicted octanol–water partition coefficient (Wildman–Crippen LogP) is 3.41. The summed E-state index contributed by atoms with van der Waals surface area (Å²) < 4.78 is 42.3. The molecule has 17 heavy (non-hydrogen) atoms. The van der Waals surface area contributed by atoms with E-state index in [1.807, 2.05) is 0 Å². The van der Waals surface area contributed by atoms with Crippen LogP contribution < -0.4 is 0 Å². The number of benzene rings is 1. The maximum Gasteiger partial charge on any atom is 0.416 e. The molecule has 1 fully saturated rings. The molecule has 1 saturated carbocycles. The van der Waals surface area contributed by atoms with Crippen molar-refractivity contribution < 1.29 is 22.7 Å². The zero-order chi connectivity index (χ0) is 12.5. The van der Waals surface area contributed by atoms with Gasteiger partial charge in [-0.2, -0.15) is 13.2 Å². The Morgan fingerprint density at radius 1 is 1.29 bits per heavy atom. The molecule has 1 aliphatic rings. The molecule has 1 aromatic rings. The Balaban J connectivity index is 2.12. The molecule has 0 aliphatic heterocycles.